The van der Waals surface area contributed by atoms with Gasteiger partial charge in [0.15, 0.2) is 0 Å². The monoisotopic (exact) mass is 293 g/mol. The van der Waals surface area contributed by atoms with Crippen molar-refractivity contribution < 1.29 is 4.79 Å². The molecule has 0 spiro atoms. The summed E-state index contributed by atoms with van der Waals surface area (Å²) in [5, 5.41) is 9.24. The van der Waals surface area contributed by atoms with Crippen LogP contribution in [0.4, 0.5) is 11.6 Å². The van der Waals surface area contributed by atoms with Gasteiger partial charge in [0.05, 0.1) is 5.41 Å². The highest BCUT2D eigenvalue weighted by atomic mass is 16.2. The zero-order valence-electron chi connectivity index (χ0n) is 13.9. The van der Waals surface area contributed by atoms with Gasteiger partial charge >= 0.3 is 0 Å². The molecule has 1 aromatic heterocycles. The lowest BCUT2D eigenvalue weighted by Gasteiger charge is -2.25. The summed E-state index contributed by atoms with van der Waals surface area (Å²) in [6, 6.07) is 0. The second-order valence-electron chi connectivity index (χ2n) is 5.99. The van der Waals surface area contributed by atoms with Crippen LogP contribution in [-0.4, -0.2) is 36.0 Å². The number of hydrogen-bond acceptors (Lipinski definition) is 5. The van der Waals surface area contributed by atoms with Gasteiger partial charge in [0.1, 0.15) is 18.0 Å². The Morgan fingerprint density at radius 1 is 1.24 bits per heavy atom. The predicted octanol–water partition coefficient (Wildman–Crippen LogP) is 2.22. The van der Waals surface area contributed by atoms with Crippen LogP contribution in [0.15, 0.2) is 6.33 Å². The first-order chi connectivity index (χ1) is 9.83. The van der Waals surface area contributed by atoms with Gasteiger partial charge in [0, 0.05) is 25.7 Å². The molecule has 0 aliphatic rings. The Morgan fingerprint density at radius 3 is 2.29 bits per heavy atom. The summed E-state index contributed by atoms with van der Waals surface area (Å²) in [6.45, 7) is 11.4. The molecule has 0 aromatic carbocycles. The van der Waals surface area contributed by atoms with Crippen molar-refractivity contribution in [3.8, 4) is 0 Å². The Balaban J connectivity index is 2.98. The van der Waals surface area contributed by atoms with Gasteiger partial charge in [0.2, 0.25) is 5.91 Å². The van der Waals surface area contributed by atoms with Gasteiger partial charge in [-0.25, -0.2) is 9.97 Å². The van der Waals surface area contributed by atoms with Crippen LogP contribution < -0.4 is 16.0 Å². The number of nitrogens with zero attached hydrogens (tertiary/aromatic N) is 2. The van der Waals surface area contributed by atoms with Crippen LogP contribution >= 0.6 is 0 Å². The fraction of sp³-hybridized carbons (Fsp3) is 0.667. The van der Waals surface area contributed by atoms with E-state index in [-0.39, 0.29) is 11.8 Å². The number of amides is 1. The summed E-state index contributed by atoms with van der Waals surface area (Å²) in [6.07, 6.45) is 1.54. The van der Waals surface area contributed by atoms with E-state index in [0.29, 0.717) is 6.54 Å². The number of carbonyl (C=O) groups is 1. The number of nitrogens with one attached hydrogen (secondary N) is 3. The lowest BCUT2D eigenvalue weighted by Crippen LogP contribution is -2.39. The third-order valence-electron chi connectivity index (χ3n) is 3.35. The van der Waals surface area contributed by atoms with E-state index in [1.54, 1.807) is 13.4 Å². The average Bonchev–Trinajstić information content (AvgIpc) is 2.44. The van der Waals surface area contributed by atoms with Gasteiger partial charge in [-0.15, -0.1) is 0 Å². The molecule has 1 rings (SSSR count). The van der Waals surface area contributed by atoms with Crippen LogP contribution in [0.1, 0.15) is 46.1 Å². The van der Waals surface area contributed by atoms with Crippen molar-refractivity contribution in [2.75, 3.05) is 30.8 Å². The van der Waals surface area contributed by atoms with Crippen molar-refractivity contribution in [1.29, 1.82) is 0 Å². The van der Waals surface area contributed by atoms with E-state index >= 15 is 0 Å². The second-order valence-corrected chi connectivity index (χ2v) is 5.99. The van der Waals surface area contributed by atoms with Crippen molar-refractivity contribution in [2.24, 2.45) is 5.41 Å². The summed E-state index contributed by atoms with van der Waals surface area (Å²) < 4.78 is 0. The van der Waals surface area contributed by atoms with Crippen LogP contribution in [0, 0.1) is 5.41 Å². The zero-order chi connectivity index (χ0) is 16.0. The maximum Gasteiger partial charge on any atom is 0.227 e. The van der Waals surface area contributed by atoms with Crippen LogP contribution in [0.2, 0.25) is 0 Å². The second kappa shape index (κ2) is 7.24. The van der Waals surface area contributed by atoms with Crippen LogP contribution in [-0.2, 0) is 4.79 Å². The largest absolute Gasteiger partial charge is 0.370 e. The van der Waals surface area contributed by atoms with E-state index in [1.807, 2.05) is 20.8 Å². The lowest BCUT2D eigenvalue weighted by molar-refractivity contribution is -0.128. The van der Waals surface area contributed by atoms with Crippen molar-refractivity contribution >= 4 is 17.5 Å². The number of rotatable bonds is 7. The Bertz CT molecular complexity index is 485. The summed E-state index contributed by atoms with van der Waals surface area (Å²) in [7, 11) is 1.65. The quantitative estimate of drug-likeness (QED) is 0.718. The fourth-order valence-corrected chi connectivity index (χ4v) is 2.11. The maximum absolute atomic E-state index is 11.8. The fourth-order valence-electron chi connectivity index (χ4n) is 2.11. The lowest BCUT2D eigenvalue weighted by atomic mass is 9.92. The molecule has 21 heavy (non-hydrogen) atoms. The van der Waals surface area contributed by atoms with Gasteiger partial charge in [-0.1, -0.05) is 13.8 Å². The molecule has 6 nitrogen and oxygen atoms in total. The van der Waals surface area contributed by atoms with Gasteiger partial charge in [-0.05, 0) is 26.7 Å². The van der Waals surface area contributed by atoms with Crippen LogP contribution in [0.3, 0.4) is 0 Å². The van der Waals surface area contributed by atoms with E-state index in [9.17, 15) is 4.79 Å². The minimum Gasteiger partial charge on any atom is -0.370 e. The minimum atomic E-state index is -0.508. The molecule has 0 saturated carbocycles. The van der Waals surface area contributed by atoms with E-state index < -0.39 is 5.41 Å². The zero-order valence-corrected chi connectivity index (χ0v) is 13.9. The Morgan fingerprint density at radius 2 is 1.81 bits per heavy atom. The molecule has 3 N–H and O–H groups in total. The summed E-state index contributed by atoms with van der Waals surface area (Å²) in [5.74, 6) is 1.92. The van der Waals surface area contributed by atoms with Crippen molar-refractivity contribution in [1.82, 2.24) is 15.3 Å². The van der Waals surface area contributed by atoms with E-state index in [1.165, 1.54) is 0 Å². The van der Waals surface area contributed by atoms with Crippen molar-refractivity contribution in [3.05, 3.63) is 11.9 Å². The summed E-state index contributed by atoms with van der Waals surface area (Å²) in [5.41, 5.74) is 0.541. The predicted molar refractivity (Wildman–Crippen MR) is 86.6 cm³/mol. The molecule has 0 aliphatic carbocycles. The van der Waals surface area contributed by atoms with Gasteiger partial charge in [0.25, 0.3) is 0 Å². The van der Waals surface area contributed by atoms with E-state index in [2.05, 4.69) is 39.8 Å². The first kappa shape index (κ1) is 17.2. The maximum atomic E-state index is 11.8. The molecule has 0 unspecified atom stereocenters. The first-order valence-corrected chi connectivity index (χ1v) is 7.38. The SMILES string of the molecule is CCNc1ncnc(NCC(C)(C)C(=O)NC)c1C(C)C. The third-order valence-corrected chi connectivity index (χ3v) is 3.35. The number of anilines is 2. The molecular weight excluding hydrogens is 266 g/mol. The highest BCUT2D eigenvalue weighted by molar-refractivity contribution is 5.82. The molecule has 0 bridgehead atoms. The highest BCUT2D eigenvalue weighted by Gasteiger charge is 2.27. The Kier molecular flexibility index (Phi) is 5.93. The topological polar surface area (TPSA) is 78.9 Å². The van der Waals surface area contributed by atoms with Crippen molar-refractivity contribution in [2.45, 2.75) is 40.5 Å². The first-order valence-electron chi connectivity index (χ1n) is 7.38. The molecule has 0 fully saturated rings. The van der Waals surface area contributed by atoms with Gasteiger partial charge in [-0.2, -0.15) is 0 Å². The molecule has 0 aliphatic heterocycles. The molecule has 0 radical (unpaired) electrons. The van der Waals surface area contributed by atoms with Gasteiger partial charge < -0.3 is 16.0 Å². The molecule has 1 heterocycles. The molecular formula is C15H27N5O. The van der Waals surface area contributed by atoms with Crippen LogP contribution in [0.25, 0.3) is 0 Å². The molecule has 6 heteroatoms. The summed E-state index contributed by atoms with van der Waals surface area (Å²) in [4.78, 5) is 20.5. The average molecular weight is 293 g/mol. The van der Waals surface area contributed by atoms with Crippen LogP contribution in [0.5, 0.6) is 0 Å². The van der Waals surface area contributed by atoms with Crippen molar-refractivity contribution in [3.63, 3.8) is 0 Å². The third kappa shape index (κ3) is 4.31. The smallest absolute Gasteiger partial charge is 0.227 e. The molecule has 118 valence electrons. The minimum absolute atomic E-state index is 0.00191. The molecule has 0 atom stereocenters. The number of carbonyl (C=O) groups excluding carboxylic acids is 1. The Hall–Kier alpha value is -1.85. The summed E-state index contributed by atoms with van der Waals surface area (Å²) >= 11 is 0. The van der Waals surface area contributed by atoms with Gasteiger partial charge in [-0.3, -0.25) is 4.79 Å². The van der Waals surface area contributed by atoms with E-state index in [4.69, 9.17) is 0 Å². The molecule has 1 amide bonds. The number of aromatic nitrogens is 2. The number of hydrogen-bond donors (Lipinski definition) is 3. The highest BCUT2D eigenvalue weighted by Crippen LogP contribution is 2.29. The standard InChI is InChI=1S/C15H27N5O/c1-7-17-12-11(10(2)3)13(20-9-19-12)18-8-15(4,5)14(21)16-6/h9-10H,7-8H2,1-6H3,(H,16,21)(H2,17,18,19,20). The molecule has 1 aromatic rings. The van der Waals surface area contributed by atoms with E-state index in [0.717, 1.165) is 23.7 Å². The molecule has 0 saturated heterocycles. The Labute approximate surface area is 127 Å². The normalized spacial score (nSPS) is 11.4.